The van der Waals surface area contributed by atoms with Gasteiger partial charge in [0.25, 0.3) is 17.7 Å². The molecule has 1 N–H and O–H groups in total. The molecule has 8 heteroatoms. The maximum Gasteiger partial charge on any atom is 0.261 e. The van der Waals surface area contributed by atoms with Crippen LogP contribution < -0.4 is 5.32 Å². The van der Waals surface area contributed by atoms with Crippen LogP contribution in [-0.4, -0.2) is 39.4 Å². The quantitative estimate of drug-likeness (QED) is 0.671. The highest BCUT2D eigenvalue weighted by molar-refractivity contribution is 6.33. The van der Waals surface area contributed by atoms with Crippen molar-refractivity contribution in [2.75, 3.05) is 12.4 Å². The van der Waals surface area contributed by atoms with Gasteiger partial charge in [-0.1, -0.05) is 41.9 Å². The molecule has 4 rings (SSSR count). The summed E-state index contributed by atoms with van der Waals surface area (Å²) in [4.78, 5) is 38.0. The highest BCUT2D eigenvalue weighted by atomic mass is 35.5. The van der Waals surface area contributed by atoms with Gasteiger partial charge in [-0.3, -0.25) is 19.3 Å². The molecule has 3 aromatic rings. The highest BCUT2D eigenvalue weighted by Gasteiger charge is 2.33. The molecule has 0 fully saturated rings. The Morgan fingerprint density at radius 2 is 1.76 bits per heavy atom. The Labute approximate surface area is 171 Å². The van der Waals surface area contributed by atoms with Crippen molar-refractivity contribution < 1.29 is 14.4 Å². The second kappa shape index (κ2) is 7.18. The minimum absolute atomic E-state index is 0.232. The summed E-state index contributed by atoms with van der Waals surface area (Å²) in [5.74, 6) is -1.19. The summed E-state index contributed by atoms with van der Waals surface area (Å²) in [6.45, 7) is 2.15. The number of hydrogen-bond acceptors (Lipinski definition) is 4. The van der Waals surface area contributed by atoms with Gasteiger partial charge in [0.2, 0.25) is 0 Å². The molecule has 0 atom stereocenters. The molecule has 1 aliphatic heterocycles. The van der Waals surface area contributed by atoms with E-state index < -0.39 is 11.8 Å². The van der Waals surface area contributed by atoms with Crippen molar-refractivity contribution in [2.24, 2.45) is 0 Å². The molecule has 0 spiro atoms. The van der Waals surface area contributed by atoms with Gasteiger partial charge < -0.3 is 5.32 Å². The monoisotopic (exact) mass is 408 g/mol. The van der Waals surface area contributed by atoms with Crippen molar-refractivity contribution in [2.45, 2.75) is 13.5 Å². The summed E-state index contributed by atoms with van der Waals surface area (Å²) in [5.41, 5.74) is 2.75. The predicted molar refractivity (Wildman–Crippen MR) is 108 cm³/mol. The number of aromatic nitrogens is 2. The number of rotatable bonds is 4. The molecule has 0 saturated heterocycles. The Morgan fingerprint density at radius 3 is 2.48 bits per heavy atom. The summed E-state index contributed by atoms with van der Waals surface area (Å²) in [6.07, 6.45) is 0. The van der Waals surface area contributed by atoms with E-state index in [0.717, 1.165) is 10.5 Å². The van der Waals surface area contributed by atoms with Crippen LogP contribution in [0.3, 0.4) is 0 Å². The molecule has 2 heterocycles. The van der Waals surface area contributed by atoms with E-state index in [1.165, 1.54) is 19.2 Å². The average Bonchev–Trinajstić information content (AvgIpc) is 3.10. The first kappa shape index (κ1) is 18.9. The number of fused-ring (bicyclic) bond motifs is 1. The molecule has 1 aliphatic rings. The lowest BCUT2D eigenvalue weighted by Crippen LogP contribution is -2.24. The summed E-state index contributed by atoms with van der Waals surface area (Å²) in [5, 5.41) is 7.35. The van der Waals surface area contributed by atoms with Gasteiger partial charge in [-0.15, -0.1) is 0 Å². The number of nitrogens with one attached hydrogen (secondary N) is 1. The van der Waals surface area contributed by atoms with Crippen LogP contribution in [0.2, 0.25) is 5.15 Å². The number of hydrogen-bond donors (Lipinski definition) is 1. The summed E-state index contributed by atoms with van der Waals surface area (Å²) in [6, 6.07) is 14.3. The van der Waals surface area contributed by atoms with Crippen molar-refractivity contribution in [3.63, 3.8) is 0 Å². The van der Waals surface area contributed by atoms with Gasteiger partial charge >= 0.3 is 0 Å². The van der Waals surface area contributed by atoms with E-state index in [0.29, 0.717) is 23.5 Å². The number of halogens is 1. The lowest BCUT2D eigenvalue weighted by molar-refractivity contribution is 0.0692. The van der Waals surface area contributed by atoms with Crippen LogP contribution in [0.1, 0.15) is 42.3 Å². The molecule has 7 nitrogen and oxygen atoms in total. The standard InChI is InChI=1S/C21H17ClN4O3/c1-12-17(18(22)26(24-12)11-13-6-4-3-5-7-13)19(27)23-14-8-9-15-16(10-14)21(29)25(2)20(15)28/h3-10H,11H2,1-2H3,(H,23,27). The Morgan fingerprint density at radius 1 is 1.07 bits per heavy atom. The summed E-state index contributed by atoms with van der Waals surface area (Å²) >= 11 is 6.43. The second-order valence-corrected chi connectivity index (χ2v) is 7.14. The fraction of sp³-hybridized carbons (Fsp3) is 0.143. The van der Waals surface area contributed by atoms with E-state index in [9.17, 15) is 14.4 Å². The molecule has 0 aliphatic carbocycles. The average molecular weight is 409 g/mol. The maximum atomic E-state index is 12.8. The van der Waals surface area contributed by atoms with Crippen LogP contribution in [0.5, 0.6) is 0 Å². The largest absolute Gasteiger partial charge is 0.322 e. The van der Waals surface area contributed by atoms with Gasteiger partial charge in [-0.05, 0) is 30.7 Å². The zero-order valence-corrected chi connectivity index (χ0v) is 16.5. The number of carbonyl (C=O) groups is 3. The van der Waals surface area contributed by atoms with Crippen molar-refractivity contribution in [3.8, 4) is 0 Å². The SMILES string of the molecule is Cc1nn(Cc2ccccc2)c(Cl)c1C(=O)Nc1ccc2c(c1)C(=O)N(C)C2=O. The lowest BCUT2D eigenvalue weighted by atomic mass is 10.1. The number of anilines is 1. The van der Waals surface area contributed by atoms with Gasteiger partial charge in [0.1, 0.15) is 5.15 Å². The Bertz CT molecular complexity index is 1150. The molecule has 2 aromatic carbocycles. The first-order valence-corrected chi connectivity index (χ1v) is 9.29. The number of nitrogens with zero attached hydrogens (tertiary/aromatic N) is 3. The van der Waals surface area contributed by atoms with E-state index in [2.05, 4.69) is 10.4 Å². The molecule has 0 bridgehead atoms. The number of imide groups is 1. The van der Waals surface area contributed by atoms with E-state index in [1.54, 1.807) is 17.7 Å². The van der Waals surface area contributed by atoms with Crippen LogP contribution in [-0.2, 0) is 6.54 Å². The van der Waals surface area contributed by atoms with Crippen LogP contribution in [0.4, 0.5) is 5.69 Å². The Hall–Kier alpha value is -3.45. The van der Waals surface area contributed by atoms with Crippen LogP contribution in [0.25, 0.3) is 0 Å². The summed E-state index contributed by atoms with van der Waals surface area (Å²) < 4.78 is 1.57. The third-order valence-corrected chi connectivity index (χ3v) is 5.20. The molecular weight excluding hydrogens is 392 g/mol. The third-order valence-electron chi connectivity index (χ3n) is 4.82. The second-order valence-electron chi connectivity index (χ2n) is 6.78. The van der Waals surface area contributed by atoms with Crippen molar-refractivity contribution >= 4 is 35.0 Å². The molecule has 3 amide bonds. The van der Waals surface area contributed by atoms with Gasteiger partial charge in [0.05, 0.1) is 28.9 Å². The molecule has 146 valence electrons. The smallest absolute Gasteiger partial charge is 0.261 e. The lowest BCUT2D eigenvalue weighted by Gasteiger charge is -2.07. The minimum Gasteiger partial charge on any atom is -0.322 e. The van der Waals surface area contributed by atoms with Crippen molar-refractivity contribution in [3.05, 3.63) is 81.6 Å². The molecule has 29 heavy (non-hydrogen) atoms. The highest BCUT2D eigenvalue weighted by Crippen LogP contribution is 2.26. The fourth-order valence-electron chi connectivity index (χ4n) is 3.31. The molecule has 0 radical (unpaired) electrons. The molecule has 0 unspecified atom stereocenters. The molecule has 1 aromatic heterocycles. The minimum atomic E-state index is -0.433. The summed E-state index contributed by atoms with van der Waals surface area (Å²) in [7, 11) is 1.42. The van der Waals surface area contributed by atoms with Gasteiger partial charge in [-0.25, -0.2) is 4.68 Å². The maximum absolute atomic E-state index is 12.8. The van der Waals surface area contributed by atoms with Crippen molar-refractivity contribution in [1.29, 1.82) is 0 Å². The fourth-order valence-corrected chi connectivity index (χ4v) is 3.63. The van der Waals surface area contributed by atoms with Crippen LogP contribution >= 0.6 is 11.6 Å². The van der Waals surface area contributed by atoms with Crippen molar-refractivity contribution in [1.82, 2.24) is 14.7 Å². The van der Waals surface area contributed by atoms with Crippen LogP contribution in [0.15, 0.2) is 48.5 Å². The number of aryl methyl sites for hydroxylation is 1. The Kier molecular flexibility index (Phi) is 4.68. The van der Waals surface area contributed by atoms with Gasteiger partial charge in [-0.2, -0.15) is 5.10 Å². The first-order chi connectivity index (χ1) is 13.9. The van der Waals surface area contributed by atoms with E-state index in [4.69, 9.17) is 11.6 Å². The molecular formula is C21H17ClN4O3. The number of benzene rings is 2. The Balaban J connectivity index is 1.59. The van der Waals surface area contributed by atoms with Crippen LogP contribution in [0, 0.1) is 6.92 Å². The molecule has 0 saturated carbocycles. The van der Waals surface area contributed by atoms with Gasteiger partial charge in [0.15, 0.2) is 0 Å². The topological polar surface area (TPSA) is 84.3 Å². The number of carbonyl (C=O) groups excluding carboxylic acids is 3. The van der Waals surface area contributed by atoms with Gasteiger partial charge in [0, 0.05) is 12.7 Å². The first-order valence-electron chi connectivity index (χ1n) is 8.91. The normalized spacial score (nSPS) is 13.0. The zero-order valence-electron chi connectivity index (χ0n) is 15.8. The predicted octanol–water partition coefficient (Wildman–Crippen LogP) is 3.37. The number of amides is 3. The van der Waals surface area contributed by atoms with E-state index in [-0.39, 0.29) is 22.2 Å². The zero-order chi connectivity index (χ0) is 20.7. The third kappa shape index (κ3) is 3.30. The van der Waals surface area contributed by atoms with E-state index in [1.807, 2.05) is 30.3 Å². The van der Waals surface area contributed by atoms with E-state index >= 15 is 0 Å².